The normalized spacial score (nSPS) is 21.9. The Balaban J connectivity index is 1.64. The largest absolute Gasteiger partial charge is 0.479 e. The van der Waals surface area contributed by atoms with E-state index in [-0.39, 0.29) is 53.6 Å². The van der Waals surface area contributed by atoms with E-state index in [2.05, 4.69) is 20.1 Å². The van der Waals surface area contributed by atoms with Crippen LogP contribution in [0.3, 0.4) is 0 Å². The molecule has 2 fully saturated rings. The first kappa shape index (κ1) is 27.2. The second-order valence-electron chi connectivity index (χ2n) is 9.53. The third-order valence-electron chi connectivity index (χ3n) is 6.94. The second kappa shape index (κ2) is 10.9. The number of anilines is 1. The van der Waals surface area contributed by atoms with Crippen LogP contribution in [0.15, 0.2) is 24.4 Å². The molecule has 0 bridgehead atoms. The van der Waals surface area contributed by atoms with Crippen molar-refractivity contribution in [2.75, 3.05) is 25.0 Å². The number of alkyl halides is 2. The summed E-state index contributed by atoms with van der Waals surface area (Å²) >= 11 is 5.93. The number of ether oxygens (including phenoxy) is 2. The van der Waals surface area contributed by atoms with E-state index in [9.17, 15) is 27.9 Å². The van der Waals surface area contributed by atoms with Gasteiger partial charge in [-0.2, -0.15) is 13.9 Å². The number of aliphatic carboxylic acids is 1. The summed E-state index contributed by atoms with van der Waals surface area (Å²) in [4.78, 5) is 27.2. The lowest BCUT2D eigenvalue weighted by molar-refractivity contribution is -0.147. The molecule has 4 rings (SSSR count). The Hall–Kier alpha value is -2.83. The molecule has 13 heteroatoms. The van der Waals surface area contributed by atoms with Crippen molar-refractivity contribution < 1.29 is 37.3 Å². The molecular weight excluding hydrogens is 517 g/mol. The average molecular weight is 545 g/mol. The molecule has 9 nitrogen and oxygen atoms in total. The Kier molecular flexibility index (Phi) is 8.00. The van der Waals surface area contributed by atoms with Gasteiger partial charge in [-0.15, -0.1) is 0 Å². The summed E-state index contributed by atoms with van der Waals surface area (Å²) in [5, 5.41) is 16.3. The zero-order chi connectivity index (χ0) is 26.9. The first-order valence-electron chi connectivity index (χ1n) is 11.9. The molecular formula is C24H28ClF3N4O5. The maximum Gasteiger partial charge on any atom is 0.387 e. The van der Waals surface area contributed by atoms with Gasteiger partial charge in [0.25, 0.3) is 5.91 Å². The molecule has 3 heterocycles. The zero-order valence-corrected chi connectivity index (χ0v) is 21.1. The van der Waals surface area contributed by atoms with Crippen LogP contribution in [0.4, 0.5) is 18.9 Å². The van der Waals surface area contributed by atoms with Crippen molar-refractivity contribution in [2.24, 2.45) is 0 Å². The van der Waals surface area contributed by atoms with Crippen LogP contribution in [-0.4, -0.2) is 70.1 Å². The summed E-state index contributed by atoms with van der Waals surface area (Å²) in [7, 11) is 0. The predicted octanol–water partition coefficient (Wildman–Crippen LogP) is 4.07. The van der Waals surface area contributed by atoms with Crippen molar-refractivity contribution in [3.05, 3.63) is 40.9 Å². The van der Waals surface area contributed by atoms with Gasteiger partial charge in [0.05, 0.1) is 24.2 Å². The fourth-order valence-electron chi connectivity index (χ4n) is 5.06. The van der Waals surface area contributed by atoms with Gasteiger partial charge in [0.15, 0.2) is 17.7 Å². The Morgan fingerprint density at radius 3 is 2.59 bits per heavy atom. The number of carboxylic acid groups (broad SMARTS) is 1. The molecule has 0 saturated carbocycles. The van der Waals surface area contributed by atoms with Crippen molar-refractivity contribution in [2.45, 2.75) is 63.3 Å². The maximum absolute atomic E-state index is 14.8. The first-order valence-corrected chi connectivity index (χ1v) is 12.3. The fourth-order valence-corrected chi connectivity index (χ4v) is 5.22. The van der Waals surface area contributed by atoms with E-state index in [1.807, 2.05) is 0 Å². The van der Waals surface area contributed by atoms with Gasteiger partial charge in [-0.05, 0) is 30.9 Å². The van der Waals surface area contributed by atoms with E-state index in [1.165, 1.54) is 22.9 Å². The van der Waals surface area contributed by atoms with Crippen LogP contribution in [0.2, 0.25) is 5.02 Å². The van der Waals surface area contributed by atoms with Gasteiger partial charge in [0.2, 0.25) is 0 Å². The number of carboxylic acids is 1. The number of carbonyl (C=O) groups is 2. The monoisotopic (exact) mass is 544 g/mol. The van der Waals surface area contributed by atoms with E-state index in [4.69, 9.17) is 16.3 Å². The highest BCUT2D eigenvalue weighted by Gasteiger charge is 2.48. The molecule has 1 aromatic heterocycles. The Labute approximate surface area is 216 Å². The number of aromatic nitrogens is 2. The molecule has 0 radical (unpaired) electrons. The lowest BCUT2D eigenvalue weighted by Gasteiger charge is -2.43. The average Bonchev–Trinajstić information content (AvgIpc) is 3.48. The van der Waals surface area contributed by atoms with Gasteiger partial charge in [0, 0.05) is 36.6 Å². The van der Waals surface area contributed by atoms with E-state index in [0.717, 1.165) is 6.20 Å². The number of halogens is 4. The standard InChI is InChI=1S/C24H28ClF3N4O5/c1-13(2)20-16(26)11-29-32(20)24(5-7-31(8-6-24)15-10-19(21(33)34)36-12-15)22(35)30-17-4-3-14(25)9-18(17)37-23(27)28/h3-4,9,11,13,15,19,23H,5-8,10,12H2,1-2H3,(H,30,35)(H,33,34)/t15-,19-/m1/s1. The lowest BCUT2D eigenvalue weighted by Crippen LogP contribution is -2.56. The molecule has 37 heavy (non-hydrogen) atoms. The minimum absolute atomic E-state index is 0.0104. The van der Waals surface area contributed by atoms with E-state index in [0.29, 0.717) is 19.5 Å². The van der Waals surface area contributed by atoms with Crippen molar-refractivity contribution in [3.63, 3.8) is 0 Å². The molecule has 2 N–H and O–H groups in total. The summed E-state index contributed by atoms with van der Waals surface area (Å²) in [5.41, 5.74) is -1.10. The summed E-state index contributed by atoms with van der Waals surface area (Å²) < 4.78 is 52.1. The van der Waals surface area contributed by atoms with Crippen LogP contribution < -0.4 is 10.1 Å². The van der Waals surface area contributed by atoms with Gasteiger partial charge >= 0.3 is 12.6 Å². The molecule has 0 aliphatic carbocycles. The molecule has 2 aliphatic rings. The quantitative estimate of drug-likeness (QED) is 0.516. The summed E-state index contributed by atoms with van der Waals surface area (Å²) in [6, 6.07) is 3.82. The lowest BCUT2D eigenvalue weighted by atomic mass is 9.84. The minimum Gasteiger partial charge on any atom is -0.479 e. The highest BCUT2D eigenvalue weighted by Crippen LogP contribution is 2.38. The topological polar surface area (TPSA) is 106 Å². The number of amides is 1. The molecule has 0 unspecified atom stereocenters. The van der Waals surface area contributed by atoms with Crippen molar-refractivity contribution in [1.82, 2.24) is 14.7 Å². The Bertz CT molecular complexity index is 1150. The van der Waals surface area contributed by atoms with Gasteiger partial charge < -0.3 is 19.9 Å². The van der Waals surface area contributed by atoms with E-state index >= 15 is 0 Å². The molecule has 2 atom stereocenters. The maximum atomic E-state index is 14.8. The van der Waals surface area contributed by atoms with Gasteiger partial charge in [-0.3, -0.25) is 14.4 Å². The van der Waals surface area contributed by atoms with Gasteiger partial charge in [-0.1, -0.05) is 25.4 Å². The third-order valence-corrected chi connectivity index (χ3v) is 7.17. The van der Waals surface area contributed by atoms with Crippen LogP contribution in [0.25, 0.3) is 0 Å². The molecule has 2 aromatic rings. The second-order valence-corrected chi connectivity index (χ2v) is 9.97. The smallest absolute Gasteiger partial charge is 0.387 e. The Morgan fingerprint density at radius 2 is 2.00 bits per heavy atom. The number of carbonyl (C=O) groups excluding carboxylic acids is 1. The van der Waals surface area contributed by atoms with Crippen molar-refractivity contribution in [1.29, 1.82) is 0 Å². The highest BCUT2D eigenvalue weighted by atomic mass is 35.5. The van der Waals surface area contributed by atoms with Crippen LogP contribution >= 0.6 is 11.6 Å². The molecule has 1 aromatic carbocycles. The van der Waals surface area contributed by atoms with Crippen LogP contribution in [0.1, 0.15) is 44.7 Å². The molecule has 202 valence electrons. The number of nitrogens with zero attached hydrogens (tertiary/aromatic N) is 3. The number of likely N-dealkylation sites (tertiary alicyclic amines) is 1. The first-order chi connectivity index (χ1) is 17.5. The summed E-state index contributed by atoms with van der Waals surface area (Å²) in [6.07, 6.45) is 0.929. The van der Waals surface area contributed by atoms with Crippen LogP contribution in [-0.2, 0) is 19.9 Å². The number of rotatable bonds is 8. The van der Waals surface area contributed by atoms with E-state index in [1.54, 1.807) is 13.8 Å². The number of piperidine rings is 1. The van der Waals surface area contributed by atoms with Crippen LogP contribution in [0.5, 0.6) is 5.75 Å². The molecule has 2 aliphatic heterocycles. The van der Waals surface area contributed by atoms with E-state index < -0.39 is 35.9 Å². The number of nitrogens with one attached hydrogen (secondary N) is 1. The van der Waals surface area contributed by atoms with Crippen molar-refractivity contribution >= 4 is 29.2 Å². The van der Waals surface area contributed by atoms with Gasteiger partial charge in [-0.25, -0.2) is 9.18 Å². The molecule has 0 spiro atoms. The minimum atomic E-state index is -3.14. The molecule has 1 amide bonds. The molecule has 2 saturated heterocycles. The summed E-state index contributed by atoms with van der Waals surface area (Å²) in [5.74, 6) is -2.73. The zero-order valence-electron chi connectivity index (χ0n) is 20.3. The highest BCUT2D eigenvalue weighted by molar-refractivity contribution is 6.30. The number of hydrogen-bond acceptors (Lipinski definition) is 6. The fraction of sp³-hybridized carbons (Fsp3) is 0.542. The summed E-state index contributed by atoms with van der Waals surface area (Å²) in [6.45, 7) is 1.45. The van der Waals surface area contributed by atoms with Crippen LogP contribution in [0, 0.1) is 5.82 Å². The van der Waals surface area contributed by atoms with Gasteiger partial charge in [0.1, 0.15) is 5.54 Å². The van der Waals surface area contributed by atoms with Crippen molar-refractivity contribution in [3.8, 4) is 5.75 Å². The predicted molar refractivity (Wildman–Crippen MR) is 128 cm³/mol. The number of benzene rings is 1. The third kappa shape index (κ3) is 5.55. The number of hydrogen-bond donors (Lipinski definition) is 2. The Morgan fingerprint density at radius 1 is 1.30 bits per heavy atom. The SMILES string of the molecule is CC(C)c1c(F)cnn1C1(C(=O)Nc2ccc(Cl)cc2OC(F)F)CCN([C@H]2CO[C@@H](C(=O)O)C2)CC1.